The van der Waals surface area contributed by atoms with Crippen molar-refractivity contribution in [3.8, 4) is 5.75 Å². The molecule has 1 fully saturated rings. The zero-order valence-electron chi connectivity index (χ0n) is 15.9. The maximum Gasteiger partial charge on any atom is 0.290 e. The molecular weight excluding hydrogens is 370 g/mol. The quantitative estimate of drug-likeness (QED) is 0.439. The van der Waals surface area contributed by atoms with Gasteiger partial charge in [-0.25, -0.2) is 0 Å². The van der Waals surface area contributed by atoms with Crippen LogP contribution < -0.4 is 10.1 Å². The molecule has 0 bridgehead atoms. The number of hydrogen-bond donors (Lipinski definition) is 1. The Kier molecular flexibility index (Phi) is 7.73. The first-order chi connectivity index (χ1) is 13.7. The summed E-state index contributed by atoms with van der Waals surface area (Å²) in [5, 5.41) is 1.99. The molecular formula is C23H25NO3S. The summed E-state index contributed by atoms with van der Waals surface area (Å²) >= 11 is 0.984. The van der Waals surface area contributed by atoms with E-state index < -0.39 is 0 Å². The van der Waals surface area contributed by atoms with Crippen LogP contribution in [-0.4, -0.2) is 17.8 Å². The van der Waals surface area contributed by atoms with Crippen LogP contribution in [0.2, 0.25) is 0 Å². The zero-order valence-corrected chi connectivity index (χ0v) is 16.7. The Hall–Kier alpha value is -2.53. The number of imide groups is 1. The molecule has 0 saturated carbocycles. The number of aryl methyl sites for hydroxylation is 2. The van der Waals surface area contributed by atoms with Crippen molar-refractivity contribution < 1.29 is 14.3 Å². The Labute approximate surface area is 170 Å². The minimum absolute atomic E-state index is 0.269. The van der Waals surface area contributed by atoms with Crippen LogP contribution in [0.1, 0.15) is 36.8 Å². The van der Waals surface area contributed by atoms with Gasteiger partial charge < -0.3 is 4.74 Å². The van der Waals surface area contributed by atoms with E-state index in [4.69, 9.17) is 4.74 Å². The van der Waals surface area contributed by atoms with Crippen LogP contribution in [0.15, 0.2) is 65.6 Å². The van der Waals surface area contributed by atoms with Crippen LogP contribution in [0.5, 0.6) is 5.75 Å². The Morgan fingerprint density at radius 1 is 0.857 bits per heavy atom. The van der Waals surface area contributed by atoms with E-state index in [1.54, 1.807) is 0 Å². The van der Waals surface area contributed by atoms with Crippen molar-refractivity contribution in [3.63, 3.8) is 0 Å². The van der Waals surface area contributed by atoms with Crippen molar-refractivity contribution in [1.29, 1.82) is 0 Å². The molecule has 0 aliphatic carbocycles. The zero-order chi connectivity index (χ0) is 19.6. The highest BCUT2D eigenvalue weighted by Crippen LogP contribution is 2.24. The summed E-state index contributed by atoms with van der Waals surface area (Å²) in [6.45, 7) is 0.719. The second kappa shape index (κ2) is 10.7. The van der Waals surface area contributed by atoms with Gasteiger partial charge >= 0.3 is 0 Å². The first-order valence-electron chi connectivity index (χ1n) is 9.70. The predicted octanol–water partition coefficient (Wildman–Crippen LogP) is 5.28. The number of hydrogen-bond acceptors (Lipinski definition) is 4. The van der Waals surface area contributed by atoms with Gasteiger partial charge in [0.1, 0.15) is 5.75 Å². The van der Waals surface area contributed by atoms with Crippen LogP contribution in [-0.2, 0) is 17.6 Å². The minimum atomic E-state index is -0.279. The topological polar surface area (TPSA) is 55.4 Å². The molecule has 1 saturated heterocycles. The molecule has 0 unspecified atom stereocenters. The SMILES string of the molecule is O=C1NC(=O)C(=CCCCCc2ccc(OCCCc3ccccc3)cc2)S1. The molecule has 1 N–H and O–H groups in total. The number of carbonyl (C=O) groups excluding carboxylic acids is 2. The predicted molar refractivity (Wildman–Crippen MR) is 113 cm³/mol. The van der Waals surface area contributed by atoms with Crippen LogP contribution in [0.3, 0.4) is 0 Å². The molecule has 1 aliphatic heterocycles. The van der Waals surface area contributed by atoms with Gasteiger partial charge in [0.05, 0.1) is 11.5 Å². The highest BCUT2D eigenvalue weighted by atomic mass is 32.2. The first-order valence-corrected chi connectivity index (χ1v) is 10.5. The number of carbonyl (C=O) groups is 2. The summed E-state index contributed by atoms with van der Waals surface area (Å²) in [5.74, 6) is 0.643. The highest BCUT2D eigenvalue weighted by Gasteiger charge is 2.24. The molecule has 3 rings (SSSR count). The number of benzene rings is 2. The molecule has 0 aromatic heterocycles. The van der Waals surface area contributed by atoms with Crippen molar-refractivity contribution in [2.45, 2.75) is 38.5 Å². The minimum Gasteiger partial charge on any atom is -0.494 e. The lowest BCUT2D eigenvalue weighted by Crippen LogP contribution is -2.17. The van der Waals surface area contributed by atoms with E-state index in [-0.39, 0.29) is 11.1 Å². The number of ether oxygens (including phenoxy) is 1. The number of amides is 2. The lowest BCUT2D eigenvalue weighted by molar-refractivity contribution is -0.115. The molecule has 0 radical (unpaired) electrons. The van der Waals surface area contributed by atoms with E-state index in [1.807, 2.05) is 24.3 Å². The van der Waals surface area contributed by atoms with Gasteiger partial charge in [0, 0.05) is 0 Å². The fraction of sp³-hybridized carbons (Fsp3) is 0.304. The maximum absolute atomic E-state index is 11.4. The summed E-state index contributed by atoms with van der Waals surface area (Å²) in [6.07, 6.45) is 7.73. The van der Waals surface area contributed by atoms with Gasteiger partial charge in [-0.1, -0.05) is 48.5 Å². The van der Waals surface area contributed by atoms with Crippen LogP contribution >= 0.6 is 11.8 Å². The molecule has 146 valence electrons. The van der Waals surface area contributed by atoms with E-state index >= 15 is 0 Å². The number of rotatable bonds is 10. The fourth-order valence-electron chi connectivity index (χ4n) is 3.03. The normalized spacial score (nSPS) is 15.1. The third kappa shape index (κ3) is 6.57. The van der Waals surface area contributed by atoms with E-state index in [1.165, 1.54) is 11.1 Å². The van der Waals surface area contributed by atoms with E-state index in [0.717, 1.165) is 62.6 Å². The molecule has 28 heavy (non-hydrogen) atoms. The summed E-state index contributed by atoms with van der Waals surface area (Å²) < 4.78 is 5.83. The molecule has 5 heteroatoms. The van der Waals surface area contributed by atoms with Gasteiger partial charge in [-0.3, -0.25) is 14.9 Å². The van der Waals surface area contributed by atoms with E-state index in [2.05, 4.69) is 41.7 Å². The van der Waals surface area contributed by atoms with Gasteiger partial charge in [0.2, 0.25) is 0 Å². The summed E-state index contributed by atoms with van der Waals surface area (Å²) in [7, 11) is 0. The van der Waals surface area contributed by atoms with Gasteiger partial charge in [0.25, 0.3) is 11.1 Å². The Balaban J connectivity index is 1.30. The fourth-order valence-corrected chi connectivity index (χ4v) is 3.72. The number of nitrogens with one attached hydrogen (secondary N) is 1. The second-order valence-corrected chi connectivity index (χ2v) is 7.75. The number of unbranched alkanes of at least 4 members (excludes halogenated alkanes) is 2. The molecule has 2 aromatic carbocycles. The molecule has 1 aliphatic rings. The number of thioether (sulfide) groups is 1. The first kappa shape index (κ1) is 20.2. The average molecular weight is 396 g/mol. The lowest BCUT2D eigenvalue weighted by Gasteiger charge is -2.07. The van der Waals surface area contributed by atoms with Crippen molar-refractivity contribution in [1.82, 2.24) is 5.32 Å². The molecule has 0 atom stereocenters. The monoisotopic (exact) mass is 395 g/mol. The van der Waals surface area contributed by atoms with Crippen molar-refractivity contribution in [2.75, 3.05) is 6.61 Å². The maximum atomic E-state index is 11.4. The second-order valence-electron chi connectivity index (χ2n) is 6.74. The summed E-state index contributed by atoms with van der Waals surface area (Å²) in [4.78, 5) is 23.1. The third-order valence-electron chi connectivity index (χ3n) is 4.54. The van der Waals surface area contributed by atoms with Gasteiger partial charge in [-0.05, 0) is 73.5 Å². The lowest BCUT2D eigenvalue weighted by atomic mass is 10.1. The standard InChI is InChI=1S/C23H25NO3S/c25-22-21(28-23(26)24-22)12-6-2-5-10-19-13-15-20(16-14-19)27-17-7-11-18-8-3-1-4-9-18/h1,3-4,8-9,12-16H,2,5-7,10-11,17H2,(H,24,25,26). The van der Waals surface area contributed by atoms with Crippen molar-refractivity contribution in [3.05, 3.63) is 76.7 Å². The molecule has 4 nitrogen and oxygen atoms in total. The third-order valence-corrected chi connectivity index (χ3v) is 5.40. The summed E-state index contributed by atoms with van der Waals surface area (Å²) in [5.41, 5.74) is 2.63. The van der Waals surface area contributed by atoms with Crippen molar-refractivity contribution >= 4 is 22.9 Å². The Morgan fingerprint density at radius 3 is 2.29 bits per heavy atom. The van der Waals surface area contributed by atoms with Gasteiger partial charge in [-0.2, -0.15) is 0 Å². The van der Waals surface area contributed by atoms with Crippen molar-refractivity contribution in [2.24, 2.45) is 0 Å². The Morgan fingerprint density at radius 2 is 1.57 bits per heavy atom. The van der Waals surface area contributed by atoms with Crippen LogP contribution in [0, 0.1) is 0 Å². The van der Waals surface area contributed by atoms with E-state index in [9.17, 15) is 9.59 Å². The van der Waals surface area contributed by atoms with Crippen LogP contribution in [0.4, 0.5) is 4.79 Å². The molecule has 0 spiro atoms. The number of allylic oxidation sites excluding steroid dienone is 1. The average Bonchev–Trinajstić information content (AvgIpc) is 3.04. The van der Waals surface area contributed by atoms with E-state index in [0.29, 0.717) is 4.91 Å². The van der Waals surface area contributed by atoms with Gasteiger partial charge in [-0.15, -0.1) is 0 Å². The molecule has 1 heterocycles. The Bertz CT molecular complexity index is 816. The highest BCUT2D eigenvalue weighted by molar-refractivity contribution is 8.18. The summed E-state index contributed by atoms with van der Waals surface area (Å²) in [6, 6.07) is 18.8. The smallest absolute Gasteiger partial charge is 0.290 e. The van der Waals surface area contributed by atoms with Crippen LogP contribution in [0.25, 0.3) is 0 Å². The molecule has 2 amide bonds. The van der Waals surface area contributed by atoms with Gasteiger partial charge in [0.15, 0.2) is 0 Å². The molecule has 2 aromatic rings. The largest absolute Gasteiger partial charge is 0.494 e.